The molecule has 0 aliphatic rings. The van der Waals surface area contributed by atoms with E-state index < -0.39 is 35.0 Å². The molecule has 0 saturated carbocycles. The van der Waals surface area contributed by atoms with Crippen molar-refractivity contribution < 1.29 is 27.1 Å². The maximum Gasteiger partial charge on any atom is 0.321 e. The molecular weight excluding hydrogens is 357 g/mol. The fraction of sp³-hybridized carbons (Fsp3) is 0.200. The second-order valence-electron chi connectivity index (χ2n) is 4.78. The predicted octanol–water partition coefficient (Wildman–Crippen LogP) is 1.93. The molecule has 1 heterocycles. The monoisotopic (exact) mass is 371 g/mol. The molecule has 0 amide bonds. The van der Waals surface area contributed by atoms with Crippen molar-refractivity contribution in [3.05, 3.63) is 52.5 Å². The summed E-state index contributed by atoms with van der Waals surface area (Å²) in [6.45, 7) is -1.01. The van der Waals surface area contributed by atoms with Crippen molar-refractivity contribution in [2.75, 3.05) is 20.2 Å². The molecule has 0 aliphatic carbocycles. The van der Waals surface area contributed by atoms with Crippen molar-refractivity contribution in [2.45, 2.75) is 4.90 Å². The zero-order valence-corrected chi connectivity index (χ0v) is 14.3. The van der Waals surface area contributed by atoms with Crippen LogP contribution >= 0.6 is 11.3 Å². The number of carbonyl (C=O) groups is 2. The van der Waals surface area contributed by atoms with Gasteiger partial charge in [0.15, 0.2) is 6.61 Å². The summed E-state index contributed by atoms with van der Waals surface area (Å²) in [5.74, 6) is -1.78. The molecular formula is C15H14FNO5S2. The third-order valence-electron chi connectivity index (χ3n) is 3.03. The molecule has 128 valence electrons. The fourth-order valence-corrected chi connectivity index (χ4v) is 3.52. The number of rotatable bonds is 7. The van der Waals surface area contributed by atoms with Gasteiger partial charge >= 0.3 is 5.97 Å². The number of hydrogen-bond acceptors (Lipinski definition) is 6. The average Bonchev–Trinajstić information content (AvgIpc) is 3.07. The number of carbonyl (C=O) groups excluding carboxylic acids is 2. The highest BCUT2D eigenvalue weighted by Crippen LogP contribution is 2.15. The van der Waals surface area contributed by atoms with Crippen LogP contribution in [0, 0.1) is 5.82 Å². The van der Waals surface area contributed by atoms with Gasteiger partial charge < -0.3 is 4.74 Å². The number of sulfonamides is 1. The molecule has 24 heavy (non-hydrogen) atoms. The zero-order chi connectivity index (χ0) is 17.7. The quantitative estimate of drug-likeness (QED) is 0.549. The second kappa shape index (κ2) is 7.65. The van der Waals surface area contributed by atoms with Gasteiger partial charge in [0.25, 0.3) is 0 Å². The van der Waals surface area contributed by atoms with Gasteiger partial charge in [0, 0.05) is 7.05 Å². The Balaban J connectivity index is 1.93. The van der Waals surface area contributed by atoms with Crippen molar-refractivity contribution in [3.63, 3.8) is 0 Å². The molecule has 6 nitrogen and oxygen atoms in total. The minimum Gasteiger partial charge on any atom is -0.456 e. The molecule has 0 unspecified atom stereocenters. The number of halogens is 1. The van der Waals surface area contributed by atoms with Crippen LogP contribution in [0.5, 0.6) is 0 Å². The minimum atomic E-state index is -3.95. The van der Waals surface area contributed by atoms with Crippen LogP contribution in [0.3, 0.4) is 0 Å². The normalized spacial score (nSPS) is 11.5. The van der Waals surface area contributed by atoms with Gasteiger partial charge in [0.2, 0.25) is 15.8 Å². The molecule has 9 heteroatoms. The molecule has 2 aromatic rings. The van der Waals surface area contributed by atoms with Crippen molar-refractivity contribution >= 4 is 33.1 Å². The number of hydrogen-bond donors (Lipinski definition) is 0. The molecule has 0 bridgehead atoms. The number of benzene rings is 1. The number of esters is 1. The van der Waals surface area contributed by atoms with Crippen LogP contribution in [0.1, 0.15) is 9.67 Å². The van der Waals surface area contributed by atoms with E-state index in [1.54, 1.807) is 17.5 Å². The topological polar surface area (TPSA) is 80.8 Å². The highest BCUT2D eigenvalue weighted by atomic mass is 32.2. The van der Waals surface area contributed by atoms with Gasteiger partial charge in [0.1, 0.15) is 12.4 Å². The Morgan fingerprint density at radius 1 is 1.21 bits per heavy atom. The Hall–Kier alpha value is -2.10. The smallest absolute Gasteiger partial charge is 0.321 e. The van der Waals surface area contributed by atoms with E-state index in [4.69, 9.17) is 4.74 Å². The van der Waals surface area contributed by atoms with E-state index in [1.165, 1.54) is 18.4 Å². The Morgan fingerprint density at radius 3 is 2.46 bits per heavy atom. The average molecular weight is 371 g/mol. The van der Waals surface area contributed by atoms with Crippen LogP contribution in [0.15, 0.2) is 46.7 Å². The van der Waals surface area contributed by atoms with Crippen LogP contribution in [0.2, 0.25) is 0 Å². The standard InChI is InChI=1S/C15H14FNO5S2/c1-17(24(20,21)12-6-4-11(16)5-7-12)9-15(19)22-10-13(18)14-3-2-8-23-14/h2-8H,9-10H2,1H3. The molecule has 0 aliphatic heterocycles. The first-order chi connectivity index (χ1) is 11.3. The van der Waals surface area contributed by atoms with Gasteiger partial charge in [-0.05, 0) is 35.7 Å². The molecule has 1 aromatic carbocycles. The lowest BCUT2D eigenvalue weighted by Crippen LogP contribution is -2.33. The summed E-state index contributed by atoms with van der Waals surface area (Å²) in [7, 11) is -2.75. The fourth-order valence-electron chi connectivity index (χ4n) is 1.75. The molecule has 0 radical (unpaired) electrons. The zero-order valence-electron chi connectivity index (χ0n) is 12.6. The number of ketones is 1. The SMILES string of the molecule is CN(CC(=O)OCC(=O)c1cccs1)S(=O)(=O)c1ccc(F)cc1. The number of thiophene rings is 1. The highest BCUT2D eigenvalue weighted by Gasteiger charge is 2.24. The Morgan fingerprint density at radius 2 is 1.88 bits per heavy atom. The van der Waals surface area contributed by atoms with E-state index in [1.807, 2.05) is 0 Å². The summed E-state index contributed by atoms with van der Waals surface area (Å²) >= 11 is 1.22. The van der Waals surface area contributed by atoms with Gasteiger partial charge in [-0.15, -0.1) is 11.3 Å². The Kier molecular flexibility index (Phi) is 5.81. The highest BCUT2D eigenvalue weighted by molar-refractivity contribution is 7.89. The van der Waals surface area contributed by atoms with Crippen LogP contribution in [0.25, 0.3) is 0 Å². The molecule has 0 fully saturated rings. The molecule has 2 rings (SSSR count). The predicted molar refractivity (Wildman–Crippen MR) is 85.8 cm³/mol. The number of likely N-dealkylation sites (N-methyl/N-ethyl adjacent to an activating group) is 1. The molecule has 1 aromatic heterocycles. The Labute approximate surface area is 142 Å². The van der Waals surface area contributed by atoms with Crippen molar-refractivity contribution in [1.82, 2.24) is 4.31 Å². The first-order valence-corrected chi connectivity index (χ1v) is 9.07. The van der Waals surface area contributed by atoms with Gasteiger partial charge in [0.05, 0.1) is 9.77 Å². The van der Waals surface area contributed by atoms with Crippen LogP contribution in [-0.2, 0) is 19.6 Å². The van der Waals surface area contributed by atoms with Crippen LogP contribution in [-0.4, -0.2) is 44.7 Å². The summed E-state index contributed by atoms with van der Waals surface area (Å²) in [5, 5.41) is 1.72. The summed E-state index contributed by atoms with van der Waals surface area (Å²) in [6, 6.07) is 7.53. The van der Waals surface area contributed by atoms with E-state index in [0.717, 1.165) is 28.6 Å². The number of nitrogens with zero attached hydrogens (tertiary/aromatic N) is 1. The van der Waals surface area contributed by atoms with E-state index >= 15 is 0 Å². The van der Waals surface area contributed by atoms with Crippen LogP contribution < -0.4 is 0 Å². The summed E-state index contributed by atoms with van der Waals surface area (Å²) in [5.41, 5.74) is 0. The lowest BCUT2D eigenvalue weighted by molar-refractivity contribution is -0.142. The van der Waals surface area contributed by atoms with E-state index in [2.05, 4.69) is 0 Å². The maximum atomic E-state index is 12.9. The van der Waals surface area contributed by atoms with E-state index in [9.17, 15) is 22.4 Å². The first-order valence-electron chi connectivity index (χ1n) is 6.75. The van der Waals surface area contributed by atoms with E-state index in [0.29, 0.717) is 4.88 Å². The van der Waals surface area contributed by atoms with Crippen LogP contribution in [0.4, 0.5) is 4.39 Å². The van der Waals surface area contributed by atoms with Gasteiger partial charge in [-0.25, -0.2) is 12.8 Å². The van der Waals surface area contributed by atoms with Gasteiger partial charge in [-0.2, -0.15) is 4.31 Å². The third kappa shape index (κ3) is 4.47. The molecule has 0 N–H and O–H groups in total. The largest absolute Gasteiger partial charge is 0.456 e. The Bertz CT molecular complexity index is 816. The van der Waals surface area contributed by atoms with Crippen molar-refractivity contribution in [3.8, 4) is 0 Å². The molecule has 0 spiro atoms. The second-order valence-corrected chi connectivity index (χ2v) is 7.77. The van der Waals surface area contributed by atoms with Crippen molar-refractivity contribution in [1.29, 1.82) is 0 Å². The lowest BCUT2D eigenvalue weighted by atomic mass is 10.3. The first kappa shape index (κ1) is 18.2. The number of Topliss-reactive ketones (excluding diaryl/α,β-unsaturated/α-hetero) is 1. The molecule has 0 saturated heterocycles. The lowest BCUT2D eigenvalue weighted by Gasteiger charge is -2.16. The third-order valence-corrected chi connectivity index (χ3v) is 5.76. The van der Waals surface area contributed by atoms with Gasteiger partial charge in [-0.3, -0.25) is 9.59 Å². The van der Waals surface area contributed by atoms with Crippen molar-refractivity contribution in [2.24, 2.45) is 0 Å². The maximum absolute atomic E-state index is 12.9. The number of ether oxygens (including phenoxy) is 1. The molecule has 0 atom stereocenters. The minimum absolute atomic E-state index is 0.145. The summed E-state index contributed by atoms with van der Waals surface area (Å²) in [4.78, 5) is 23.7. The van der Waals surface area contributed by atoms with Gasteiger partial charge in [-0.1, -0.05) is 6.07 Å². The summed E-state index contributed by atoms with van der Waals surface area (Å²) < 4.78 is 42.9. The summed E-state index contributed by atoms with van der Waals surface area (Å²) in [6.07, 6.45) is 0. The van der Waals surface area contributed by atoms with E-state index in [-0.39, 0.29) is 10.7 Å².